The summed E-state index contributed by atoms with van der Waals surface area (Å²) in [5, 5.41) is 22.7. The normalized spacial score (nSPS) is 10.4. The van der Waals surface area contributed by atoms with E-state index >= 15 is 0 Å². The summed E-state index contributed by atoms with van der Waals surface area (Å²) >= 11 is 0. The van der Waals surface area contributed by atoms with E-state index in [-0.39, 0.29) is 11.7 Å². The Kier molecular flexibility index (Phi) is 3.79. The number of aromatic amines is 1. The second kappa shape index (κ2) is 5.51. The minimum absolute atomic E-state index is 0.116. The number of hydrogen-bond donors (Lipinski definition) is 3. The van der Waals surface area contributed by atoms with Gasteiger partial charge in [0.15, 0.2) is 0 Å². The lowest BCUT2D eigenvalue weighted by molar-refractivity contribution is -0.116. The fraction of sp³-hybridized carbons (Fsp3) is 0.308. The maximum atomic E-state index is 11.8. The molecule has 1 amide bonds. The van der Waals surface area contributed by atoms with Crippen molar-refractivity contribution in [3.63, 3.8) is 0 Å². The van der Waals surface area contributed by atoms with Crippen LogP contribution in [-0.4, -0.2) is 26.4 Å². The zero-order chi connectivity index (χ0) is 13.8. The molecule has 6 nitrogen and oxygen atoms in total. The Morgan fingerprint density at radius 3 is 2.89 bits per heavy atom. The fourth-order valence-corrected chi connectivity index (χ4v) is 1.77. The third kappa shape index (κ3) is 3.09. The molecule has 1 aromatic carbocycles. The van der Waals surface area contributed by atoms with Crippen LogP contribution in [0.5, 0.6) is 5.75 Å². The Balaban J connectivity index is 1.97. The number of phenols is 1. The Hall–Kier alpha value is -2.37. The van der Waals surface area contributed by atoms with Gasteiger partial charge in [-0.15, -0.1) is 0 Å². The molecule has 1 heterocycles. The van der Waals surface area contributed by atoms with Crippen LogP contribution in [0.1, 0.15) is 23.2 Å². The van der Waals surface area contributed by atoms with Crippen LogP contribution in [0.3, 0.4) is 0 Å². The van der Waals surface area contributed by atoms with Crippen molar-refractivity contribution in [1.82, 2.24) is 15.4 Å². The minimum atomic E-state index is -0.116. The van der Waals surface area contributed by atoms with Crippen LogP contribution in [0.4, 0.5) is 5.69 Å². The average molecular weight is 260 g/mol. The van der Waals surface area contributed by atoms with Crippen molar-refractivity contribution in [2.45, 2.75) is 26.7 Å². The molecule has 0 spiro atoms. The summed E-state index contributed by atoms with van der Waals surface area (Å²) in [4.78, 5) is 11.8. The number of nitrogens with one attached hydrogen (secondary N) is 2. The molecule has 2 rings (SSSR count). The smallest absolute Gasteiger partial charge is 0.224 e. The molecular weight excluding hydrogens is 244 g/mol. The zero-order valence-corrected chi connectivity index (χ0v) is 10.9. The van der Waals surface area contributed by atoms with Gasteiger partial charge >= 0.3 is 0 Å². The first-order valence-electron chi connectivity index (χ1n) is 6.01. The standard InChI is InChI=1S/C13H16N4O2/c1-8-3-5-11(9(2)13(8)19)15-12(18)6-4-10-7-14-17-16-10/h3,5,7,19H,4,6H2,1-2H3,(H,15,18)(H,14,16,17). The van der Waals surface area contributed by atoms with E-state index < -0.39 is 0 Å². The number of anilines is 1. The average Bonchev–Trinajstić information content (AvgIpc) is 2.90. The molecule has 0 atom stereocenters. The molecule has 0 unspecified atom stereocenters. The first kappa shape index (κ1) is 13.1. The monoisotopic (exact) mass is 260 g/mol. The number of benzene rings is 1. The molecule has 6 heteroatoms. The van der Waals surface area contributed by atoms with E-state index in [0.29, 0.717) is 24.1 Å². The SMILES string of the molecule is Cc1ccc(NC(=O)CCc2cn[nH]n2)c(C)c1O. The van der Waals surface area contributed by atoms with E-state index in [2.05, 4.69) is 20.7 Å². The van der Waals surface area contributed by atoms with E-state index in [4.69, 9.17) is 0 Å². The number of aromatic hydroxyl groups is 1. The molecule has 0 fully saturated rings. The van der Waals surface area contributed by atoms with E-state index in [1.54, 1.807) is 25.3 Å². The number of aromatic nitrogens is 3. The highest BCUT2D eigenvalue weighted by molar-refractivity contribution is 5.92. The number of rotatable bonds is 4. The van der Waals surface area contributed by atoms with Crippen LogP contribution in [0, 0.1) is 13.8 Å². The van der Waals surface area contributed by atoms with E-state index in [0.717, 1.165) is 11.3 Å². The van der Waals surface area contributed by atoms with Crippen molar-refractivity contribution in [2.75, 3.05) is 5.32 Å². The molecular formula is C13H16N4O2. The molecule has 0 aliphatic carbocycles. The molecule has 2 aromatic rings. The molecule has 3 N–H and O–H groups in total. The van der Waals surface area contributed by atoms with E-state index in [9.17, 15) is 9.90 Å². The number of hydrogen-bond acceptors (Lipinski definition) is 4. The summed E-state index contributed by atoms with van der Waals surface area (Å²) in [5.74, 6) is 0.101. The predicted octanol–water partition coefficient (Wildman–Crippen LogP) is 1.70. The lowest BCUT2D eigenvalue weighted by Crippen LogP contribution is -2.13. The molecule has 0 saturated carbocycles. The Morgan fingerprint density at radius 1 is 1.42 bits per heavy atom. The lowest BCUT2D eigenvalue weighted by Gasteiger charge is -2.11. The summed E-state index contributed by atoms with van der Waals surface area (Å²) in [6.45, 7) is 3.59. The first-order valence-corrected chi connectivity index (χ1v) is 6.01. The van der Waals surface area contributed by atoms with Crippen molar-refractivity contribution in [2.24, 2.45) is 0 Å². The number of H-pyrrole nitrogens is 1. The Morgan fingerprint density at radius 2 is 2.21 bits per heavy atom. The molecule has 0 radical (unpaired) electrons. The van der Waals surface area contributed by atoms with Crippen LogP contribution in [0.2, 0.25) is 0 Å². The number of phenolic OH excluding ortho intramolecular Hbond substituents is 1. The predicted molar refractivity (Wildman–Crippen MR) is 70.9 cm³/mol. The Labute approximate surface area is 110 Å². The van der Waals surface area contributed by atoms with Gasteiger partial charge in [-0.1, -0.05) is 6.07 Å². The van der Waals surface area contributed by atoms with Crippen molar-refractivity contribution in [3.05, 3.63) is 35.2 Å². The fourth-order valence-electron chi connectivity index (χ4n) is 1.77. The third-order valence-electron chi connectivity index (χ3n) is 2.98. The molecule has 0 saturated heterocycles. The third-order valence-corrected chi connectivity index (χ3v) is 2.98. The van der Waals surface area contributed by atoms with E-state index in [1.807, 2.05) is 6.92 Å². The van der Waals surface area contributed by atoms with Gasteiger partial charge in [-0.2, -0.15) is 15.4 Å². The van der Waals surface area contributed by atoms with E-state index in [1.165, 1.54) is 0 Å². The van der Waals surface area contributed by atoms with Gasteiger partial charge in [0.05, 0.1) is 11.9 Å². The van der Waals surface area contributed by atoms with Gasteiger partial charge in [0, 0.05) is 24.1 Å². The van der Waals surface area contributed by atoms with Crippen LogP contribution in [0.15, 0.2) is 18.3 Å². The summed E-state index contributed by atoms with van der Waals surface area (Å²) in [6.07, 6.45) is 2.44. The topological polar surface area (TPSA) is 90.9 Å². The highest BCUT2D eigenvalue weighted by atomic mass is 16.3. The van der Waals surface area contributed by atoms with Gasteiger partial charge in [0.25, 0.3) is 0 Å². The summed E-state index contributed by atoms with van der Waals surface area (Å²) in [7, 11) is 0. The van der Waals surface area contributed by atoms with Gasteiger partial charge in [-0.25, -0.2) is 0 Å². The van der Waals surface area contributed by atoms with Gasteiger partial charge in [0.1, 0.15) is 5.75 Å². The molecule has 100 valence electrons. The lowest BCUT2D eigenvalue weighted by atomic mass is 10.1. The second-order valence-corrected chi connectivity index (χ2v) is 4.41. The molecule has 0 bridgehead atoms. The summed E-state index contributed by atoms with van der Waals surface area (Å²) in [6, 6.07) is 3.56. The van der Waals surface area contributed by atoms with Crippen LogP contribution >= 0.6 is 0 Å². The van der Waals surface area contributed by atoms with Gasteiger partial charge in [-0.05, 0) is 25.5 Å². The first-order chi connectivity index (χ1) is 9.08. The quantitative estimate of drug-likeness (QED) is 0.780. The zero-order valence-electron chi connectivity index (χ0n) is 10.9. The highest BCUT2D eigenvalue weighted by Gasteiger charge is 2.09. The second-order valence-electron chi connectivity index (χ2n) is 4.41. The largest absolute Gasteiger partial charge is 0.507 e. The van der Waals surface area contributed by atoms with Crippen LogP contribution in [-0.2, 0) is 11.2 Å². The highest BCUT2D eigenvalue weighted by Crippen LogP contribution is 2.28. The molecule has 1 aromatic heterocycles. The van der Waals surface area contributed by atoms with Gasteiger partial charge in [0.2, 0.25) is 5.91 Å². The van der Waals surface area contributed by atoms with Crippen molar-refractivity contribution >= 4 is 11.6 Å². The molecule has 0 aliphatic heterocycles. The number of amides is 1. The minimum Gasteiger partial charge on any atom is -0.507 e. The van der Waals surface area contributed by atoms with Crippen molar-refractivity contribution in [3.8, 4) is 5.75 Å². The number of nitrogens with zero attached hydrogens (tertiary/aromatic N) is 2. The van der Waals surface area contributed by atoms with Crippen LogP contribution in [0.25, 0.3) is 0 Å². The number of aryl methyl sites for hydroxylation is 2. The molecule has 19 heavy (non-hydrogen) atoms. The maximum absolute atomic E-state index is 11.8. The van der Waals surface area contributed by atoms with Gasteiger partial charge in [-0.3, -0.25) is 4.79 Å². The number of carbonyl (C=O) groups excluding carboxylic acids is 1. The maximum Gasteiger partial charge on any atom is 0.224 e. The Bertz CT molecular complexity index is 579. The summed E-state index contributed by atoms with van der Waals surface area (Å²) < 4.78 is 0. The summed E-state index contributed by atoms with van der Waals surface area (Å²) in [5.41, 5.74) is 2.85. The van der Waals surface area contributed by atoms with Crippen LogP contribution < -0.4 is 5.32 Å². The van der Waals surface area contributed by atoms with Gasteiger partial charge < -0.3 is 10.4 Å². The van der Waals surface area contributed by atoms with Crippen molar-refractivity contribution < 1.29 is 9.90 Å². The van der Waals surface area contributed by atoms with Crippen molar-refractivity contribution in [1.29, 1.82) is 0 Å². The number of carbonyl (C=O) groups is 1. The molecule has 0 aliphatic rings.